The Bertz CT molecular complexity index is 474. The molecule has 0 saturated heterocycles. The average molecular weight is 265 g/mol. The third-order valence-corrected chi connectivity index (χ3v) is 2.73. The fourth-order valence-corrected chi connectivity index (χ4v) is 1.81. The lowest BCUT2D eigenvalue weighted by molar-refractivity contribution is -0.116. The lowest BCUT2D eigenvalue weighted by atomic mass is 10.2. The third-order valence-electron chi connectivity index (χ3n) is 2.73. The van der Waals surface area contributed by atoms with E-state index in [9.17, 15) is 9.59 Å². The van der Waals surface area contributed by atoms with Crippen LogP contribution in [-0.2, 0) is 4.79 Å². The first-order valence-corrected chi connectivity index (χ1v) is 6.19. The number of carboxylic acid groups (broad SMARTS) is 1. The van der Waals surface area contributed by atoms with Crippen LogP contribution in [0.25, 0.3) is 0 Å². The van der Waals surface area contributed by atoms with Crippen LogP contribution in [0.5, 0.6) is 0 Å². The zero-order valence-corrected chi connectivity index (χ0v) is 11.2. The molecule has 0 aliphatic heterocycles. The van der Waals surface area contributed by atoms with Crippen molar-refractivity contribution in [2.45, 2.75) is 26.7 Å². The molecule has 1 rings (SSSR count). The number of carbonyl (C=O) groups excluding carboxylic acids is 1. The number of carbonyl (C=O) groups is 2. The minimum absolute atomic E-state index is 0.0836. The van der Waals surface area contributed by atoms with E-state index in [4.69, 9.17) is 10.8 Å². The number of aromatic carboxylic acids is 1. The van der Waals surface area contributed by atoms with Crippen molar-refractivity contribution >= 4 is 17.7 Å². The third kappa shape index (κ3) is 4.24. The highest BCUT2D eigenvalue weighted by Crippen LogP contribution is 2.18. The van der Waals surface area contributed by atoms with E-state index in [2.05, 4.69) is 11.9 Å². The first-order chi connectivity index (χ1) is 8.95. The number of pyridine rings is 1. The van der Waals surface area contributed by atoms with E-state index < -0.39 is 11.9 Å². The molecule has 0 radical (unpaired) electrons. The van der Waals surface area contributed by atoms with Gasteiger partial charge in [-0.3, -0.25) is 4.79 Å². The molecule has 19 heavy (non-hydrogen) atoms. The largest absolute Gasteiger partial charge is 0.478 e. The lowest BCUT2D eigenvalue weighted by Gasteiger charge is -2.23. The topological polar surface area (TPSA) is 96.5 Å². The van der Waals surface area contributed by atoms with Crippen LogP contribution in [0.3, 0.4) is 0 Å². The van der Waals surface area contributed by atoms with Gasteiger partial charge >= 0.3 is 5.97 Å². The molecule has 0 aliphatic carbocycles. The zero-order chi connectivity index (χ0) is 14.4. The number of amides is 1. The second kappa shape index (κ2) is 6.72. The fourth-order valence-electron chi connectivity index (χ4n) is 1.81. The van der Waals surface area contributed by atoms with E-state index in [1.807, 2.05) is 0 Å². The molecule has 0 bridgehead atoms. The minimum atomic E-state index is -1.02. The number of anilines is 1. The number of aromatic nitrogens is 1. The number of nitrogens with zero attached hydrogens (tertiary/aromatic N) is 2. The van der Waals surface area contributed by atoms with Gasteiger partial charge in [0.15, 0.2) is 0 Å². The molecule has 104 valence electrons. The van der Waals surface area contributed by atoms with Crippen molar-refractivity contribution in [1.82, 2.24) is 4.98 Å². The minimum Gasteiger partial charge on any atom is -0.478 e. The Labute approximate surface area is 112 Å². The summed E-state index contributed by atoms with van der Waals surface area (Å²) >= 11 is 0. The summed E-state index contributed by atoms with van der Waals surface area (Å²) in [6.07, 6.45) is 3.20. The number of nitrogens with two attached hydrogens (primary N) is 1. The van der Waals surface area contributed by atoms with Crippen molar-refractivity contribution in [3.05, 3.63) is 23.4 Å². The summed E-state index contributed by atoms with van der Waals surface area (Å²) in [7, 11) is 0. The van der Waals surface area contributed by atoms with E-state index in [0.717, 1.165) is 18.4 Å². The van der Waals surface area contributed by atoms with Crippen LogP contribution in [0.1, 0.15) is 35.7 Å². The Morgan fingerprint density at radius 3 is 2.63 bits per heavy atom. The molecule has 0 aliphatic rings. The van der Waals surface area contributed by atoms with Crippen LogP contribution in [0.15, 0.2) is 12.3 Å². The van der Waals surface area contributed by atoms with Crippen molar-refractivity contribution in [2.75, 3.05) is 18.0 Å². The second-order valence-corrected chi connectivity index (χ2v) is 4.41. The summed E-state index contributed by atoms with van der Waals surface area (Å²) in [5, 5.41) is 8.90. The van der Waals surface area contributed by atoms with Crippen molar-refractivity contribution in [3.8, 4) is 0 Å². The van der Waals surface area contributed by atoms with Gasteiger partial charge in [0.2, 0.25) is 5.91 Å². The van der Waals surface area contributed by atoms with Gasteiger partial charge in [-0.15, -0.1) is 0 Å². The molecule has 3 N–H and O–H groups in total. The molecule has 1 aromatic heterocycles. The summed E-state index contributed by atoms with van der Waals surface area (Å²) in [5.41, 5.74) is 6.08. The zero-order valence-electron chi connectivity index (χ0n) is 11.2. The fraction of sp³-hybridized carbons (Fsp3) is 0.462. The quantitative estimate of drug-likeness (QED) is 0.771. The number of hydrogen-bond acceptors (Lipinski definition) is 4. The molecule has 0 aromatic carbocycles. The second-order valence-electron chi connectivity index (χ2n) is 4.41. The summed E-state index contributed by atoms with van der Waals surface area (Å²) in [6, 6.07) is 1.55. The van der Waals surface area contributed by atoms with Crippen LogP contribution in [0.2, 0.25) is 0 Å². The van der Waals surface area contributed by atoms with Crippen LogP contribution < -0.4 is 10.6 Å². The van der Waals surface area contributed by atoms with E-state index >= 15 is 0 Å². The highest BCUT2D eigenvalue weighted by molar-refractivity contribution is 5.88. The van der Waals surface area contributed by atoms with E-state index in [1.165, 1.54) is 6.20 Å². The SMILES string of the molecule is CCCCN(CC(N)=O)c1ncc(C(=O)O)cc1C. The molecule has 0 atom stereocenters. The summed E-state index contributed by atoms with van der Waals surface area (Å²) < 4.78 is 0. The van der Waals surface area contributed by atoms with Gasteiger partial charge in [0.25, 0.3) is 0 Å². The maximum absolute atomic E-state index is 11.1. The predicted octanol–water partition coefficient (Wildman–Crippen LogP) is 1.18. The number of primary amides is 1. The molecule has 6 nitrogen and oxygen atoms in total. The molecule has 0 saturated carbocycles. The highest BCUT2D eigenvalue weighted by atomic mass is 16.4. The predicted molar refractivity (Wildman–Crippen MR) is 72.2 cm³/mol. The standard InChI is InChI=1S/C13H19N3O3/c1-3-4-5-16(8-11(14)17)12-9(2)6-10(7-15-12)13(18)19/h6-7H,3-5,8H2,1-2H3,(H2,14,17)(H,18,19). The number of aryl methyl sites for hydroxylation is 1. The van der Waals surface area contributed by atoms with E-state index in [-0.39, 0.29) is 12.1 Å². The number of rotatable bonds is 7. The van der Waals surface area contributed by atoms with Gasteiger partial charge in [-0.2, -0.15) is 0 Å². The van der Waals surface area contributed by atoms with Crippen molar-refractivity contribution in [1.29, 1.82) is 0 Å². The Morgan fingerprint density at radius 2 is 2.16 bits per heavy atom. The van der Waals surface area contributed by atoms with Crippen LogP contribution in [-0.4, -0.2) is 35.1 Å². The van der Waals surface area contributed by atoms with Crippen molar-refractivity contribution in [2.24, 2.45) is 5.73 Å². The summed E-state index contributed by atoms with van der Waals surface area (Å²) in [5.74, 6) is -0.839. The van der Waals surface area contributed by atoms with E-state index in [1.54, 1.807) is 17.9 Å². The highest BCUT2D eigenvalue weighted by Gasteiger charge is 2.14. The lowest BCUT2D eigenvalue weighted by Crippen LogP contribution is -2.35. The molecular formula is C13H19N3O3. The molecular weight excluding hydrogens is 246 g/mol. The normalized spacial score (nSPS) is 10.2. The van der Waals surface area contributed by atoms with Crippen LogP contribution >= 0.6 is 0 Å². The first kappa shape index (κ1) is 14.9. The molecule has 1 heterocycles. The van der Waals surface area contributed by atoms with Gasteiger partial charge in [-0.05, 0) is 25.0 Å². The van der Waals surface area contributed by atoms with Gasteiger partial charge in [0.05, 0.1) is 12.1 Å². The molecule has 0 unspecified atom stereocenters. The monoisotopic (exact) mass is 265 g/mol. The summed E-state index contributed by atoms with van der Waals surface area (Å²) in [6.45, 7) is 4.57. The molecule has 1 amide bonds. The van der Waals surface area contributed by atoms with Gasteiger partial charge in [0, 0.05) is 12.7 Å². The molecule has 0 spiro atoms. The average Bonchev–Trinajstić information content (AvgIpc) is 2.34. The smallest absolute Gasteiger partial charge is 0.337 e. The number of hydrogen-bond donors (Lipinski definition) is 2. The van der Waals surface area contributed by atoms with Gasteiger partial charge in [-0.1, -0.05) is 13.3 Å². The van der Waals surface area contributed by atoms with Crippen LogP contribution in [0, 0.1) is 6.92 Å². The van der Waals surface area contributed by atoms with Gasteiger partial charge in [-0.25, -0.2) is 9.78 Å². The van der Waals surface area contributed by atoms with E-state index in [0.29, 0.717) is 12.4 Å². The maximum Gasteiger partial charge on any atom is 0.337 e. The van der Waals surface area contributed by atoms with Gasteiger partial charge in [0.1, 0.15) is 5.82 Å². The Hall–Kier alpha value is -2.11. The van der Waals surface area contributed by atoms with Crippen molar-refractivity contribution < 1.29 is 14.7 Å². The Balaban J connectivity index is 3.00. The van der Waals surface area contributed by atoms with Crippen molar-refractivity contribution in [3.63, 3.8) is 0 Å². The molecule has 6 heteroatoms. The number of carboxylic acids is 1. The Kier molecular flexibility index (Phi) is 5.29. The summed E-state index contributed by atoms with van der Waals surface area (Å²) in [4.78, 5) is 27.9. The first-order valence-electron chi connectivity index (χ1n) is 6.19. The molecule has 0 fully saturated rings. The maximum atomic E-state index is 11.1. The van der Waals surface area contributed by atoms with Crippen LogP contribution in [0.4, 0.5) is 5.82 Å². The number of unbranched alkanes of at least 4 members (excludes halogenated alkanes) is 1. The Morgan fingerprint density at radius 1 is 1.47 bits per heavy atom. The van der Waals surface area contributed by atoms with Gasteiger partial charge < -0.3 is 15.7 Å². The molecule has 1 aromatic rings.